The van der Waals surface area contributed by atoms with Crippen LogP contribution in [0, 0.1) is 24.2 Å². The Morgan fingerprint density at radius 3 is 2.75 bits per heavy atom. The van der Waals surface area contributed by atoms with Gasteiger partial charge in [0.25, 0.3) is 0 Å². The number of aromatic nitrogens is 4. The quantitative estimate of drug-likeness (QED) is 0.760. The summed E-state index contributed by atoms with van der Waals surface area (Å²) >= 11 is 0. The molecule has 0 bridgehead atoms. The summed E-state index contributed by atoms with van der Waals surface area (Å²) in [5, 5.41) is 27.0. The summed E-state index contributed by atoms with van der Waals surface area (Å²) in [7, 11) is 0. The van der Waals surface area contributed by atoms with Gasteiger partial charge in [-0.25, -0.2) is 9.97 Å². The second-order valence-electron chi connectivity index (χ2n) is 5.83. The molecule has 1 fully saturated rings. The van der Waals surface area contributed by atoms with Crippen LogP contribution in [0.5, 0.6) is 0 Å². The van der Waals surface area contributed by atoms with Crippen molar-refractivity contribution in [3.8, 4) is 6.07 Å². The first kappa shape index (κ1) is 16.1. The maximum atomic E-state index is 8.74. The van der Waals surface area contributed by atoms with Crippen molar-refractivity contribution in [1.29, 1.82) is 5.26 Å². The molecule has 0 spiro atoms. The molecule has 0 atom stereocenters. The zero-order valence-corrected chi connectivity index (χ0v) is 13.6. The van der Waals surface area contributed by atoms with E-state index in [2.05, 4.69) is 36.1 Å². The average molecular weight is 324 g/mol. The molecule has 0 saturated carbocycles. The molecule has 1 saturated heterocycles. The van der Waals surface area contributed by atoms with Crippen LogP contribution >= 0.6 is 0 Å². The molecule has 3 N–H and O–H groups in total. The fourth-order valence-electron chi connectivity index (χ4n) is 2.61. The second-order valence-corrected chi connectivity index (χ2v) is 5.83. The summed E-state index contributed by atoms with van der Waals surface area (Å²) in [5.74, 6) is 1.79. The largest absolute Gasteiger partial charge is 0.383 e. The third-order valence-electron chi connectivity index (χ3n) is 4.04. The molecule has 124 valence electrons. The number of anilines is 3. The molecular formula is C16H20N8. The normalized spacial score (nSPS) is 14.8. The Kier molecular flexibility index (Phi) is 5.13. The SMILES string of the molecule is Cc1nnc(Nc2cnc(C#N)cn2)cc1NCC1CCNCC1. The van der Waals surface area contributed by atoms with Crippen LogP contribution in [0.15, 0.2) is 18.5 Å². The van der Waals surface area contributed by atoms with Crippen LogP contribution in [0.25, 0.3) is 0 Å². The Labute approximate surface area is 140 Å². The van der Waals surface area contributed by atoms with Gasteiger partial charge in [-0.05, 0) is 38.8 Å². The molecule has 0 radical (unpaired) electrons. The molecule has 3 heterocycles. The standard InChI is InChI=1S/C16H20N8/c1-11-14(20-8-12-2-4-18-5-3-12)6-15(24-23-11)22-16-10-19-13(7-17)9-21-16/h6,9-10,12,18H,2-5,8H2,1H3,(H2,20,21,22,24). The molecule has 24 heavy (non-hydrogen) atoms. The number of hydrogen-bond acceptors (Lipinski definition) is 8. The minimum absolute atomic E-state index is 0.278. The summed E-state index contributed by atoms with van der Waals surface area (Å²) < 4.78 is 0. The molecule has 2 aromatic heterocycles. The Bertz CT molecular complexity index is 716. The number of nitrogens with zero attached hydrogens (tertiary/aromatic N) is 5. The smallest absolute Gasteiger partial charge is 0.158 e. The number of rotatable bonds is 5. The predicted molar refractivity (Wildman–Crippen MR) is 90.9 cm³/mol. The van der Waals surface area contributed by atoms with Crippen LogP contribution in [0.4, 0.5) is 17.3 Å². The van der Waals surface area contributed by atoms with E-state index in [1.165, 1.54) is 25.2 Å². The highest BCUT2D eigenvalue weighted by molar-refractivity contribution is 5.59. The summed E-state index contributed by atoms with van der Waals surface area (Å²) in [6, 6.07) is 3.86. The maximum Gasteiger partial charge on any atom is 0.158 e. The molecule has 0 aromatic carbocycles. The Morgan fingerprint density at radius 1 is 1.21 bits per heavy atom. The molecular weight excluding hydrogens is 304 g/mol. The fraction of sp³-hybridized carbons (Fsp3) is 0.438. The van der Waals surface area contributed by atoms with Crippen LogP contribution < -0.4 is 16.0 Å². The van der Waals surface area contributed by atoms with Gasteiger partial charge in [0.1, 0.15) is 11.9 Å². The van der Waals surface area contributed by atoms with Crippen molar-refractivity contribution in [2.75, 3.05) is 30.3 Å². The first-order valence-corrected chi connectivity index (χ1v) is 8.02. The topological polar surface area (TPSA) is 111 Å². The van der Waals surface area contributed by atoms with Crippen LogP contribution in [0.1, 0.15) is 24.2 Å². The lowest BCUT2D eigenvalue weighted by Crippen LogP contribution is -2.31. The van der Waals surface area contributed by atoms with Crippen molar-refractivity contribution in [3.05, 3.63) is 29.8 Å². The fourth-order valence-corrected chi connectivity index (χ4v) is 2.61. The van der Waals surface area contributed by atoms with E-state index in [4.69, 9.17) is 5.26 Å². The number of hydrogen-bond donors (Lipinski definition) is 3. The first-order chi connectivity index (χ1) is 11.7. The second kappa shape index (κ2) is 7.66. The molecule has 1 aliphatic rings. The lowest BCUT2D eigenvalue weighted by molar-refractivity contribution is 0.390. The van der Waals surface area contributed by atoms with E-state index < -0.39 is 0 Å². The monoisotopic (exact) mass is 324 g/mol. The molecule has 3 rings (SSSR count). The zero-order chi connectivity index (χ0) is 16.8. The zero-order valence-electron chi connectivity index (χ0n) is 13.6. The molecule has 1 aliphatic heterocycles. The molecule has 0 amide bonds. The Balaban J connectivity index is 1.65. The lowest BCUT2D eigenvalue weighted by atomic mass is 9.98. The number of piperidine rings is 1. The van der Waals surface area contributed by atoms with Crippen molar-refractivity contribution in [3.63, 3.8) is 0 Å². The third kappa shape index (κ3) is 4.14. The summed E-state index contributed by atoms with van der Waals surface area (Å²) in [6.07, 6.45) is 5.30. The van der Waals surface area contributed by atoms with Gasteiger partial charge in [0, 0.05) is 12.6 Å². The summed E-state index contributed by atoms with van der Waals surface area (Å²) in [6.45, 7) is 5.04. The minimum atomic E-state index is 0.278. The minimum Gasteiger partial charge on any atom is -0.383 e. The van der Waals surface area contributed by atoms with Gasteiger partial charge < -0.3 is 16.0 Å². The van der Waals surface area contributed by atoms with Crippen molar-refractivity contribution in [2.45, 2.75) is 19.8 Å². The maximum absolute atomic E-state index is 8.74. The van der Waals surface area contributed by atoms with Crippen LogP contribution in [-0.2, 0) is 0 Å². The van der Waals surface area contributed by atoms with Gasteiger partial charge in [-0.15, -0.1) is 5.10 Å². The Morgan fingerprint density at radius 2 is 2.04 bits per heavy atom. The van der Waals surface area contributed by atoms with Crippen LogP contribution in [0.3, 0.4) is 0 Å². The number of aryl methyl sites for hydroxylation is 1. The number of nitriles is 1. The van der Waals surface area contributed by atoms with Crippen molar-refractivity contribution in [1.82, 2.24) is 25.5 Å². The van der Waals surface area contributed by atoms with Gasteiger partial charge in [0.05, 0.1) is 23.8 Å². The van der Waals surface area contributed by atoms with E-state index >= 15 is 0 Å². The van der Waals surface area contributed by atoms with Gasteiger partial charge in [0.2, 0.25) is 0 Å². The number of nitrogens with one attached hydrogen (secondary N) is 3. The van der Waals surface area contributed by atoms with Gasteiger partial charge in [0.15, 0.2) is 11.5 Å². The van der Waals surface area contributed by atoms with E-state index in [-0.39, 0.29) is 5.69 Å². The summed E-state index contributed by atoms with van der Waals surface area (Å²) in [5.41, 5.74) is 2.10. The van der Waals surface area contributed by atoms with Crippen molar-refractivity contribution in [2.24, 2.45) is 5.92 Å². The van der Waals surface area contributed by atoms with Crippen LogP contribution in [0.2, 0.25) is 0 Å². The van der Waals surface area contributed by atoms with Gasteiger partial charge in [-0.3, -0.25) is 0 Å². The highest BCUT2D eigenvalue weighted by Crippen LogP contribution is 2.20. The average Bonchev–Trinajstić information content (AvgIpc) is 2.63. The first-order valence-electron chi connectivity index (χ1n) is 8.02. The van der Waals surface area contributed by atoms with Gasteiger partial charge >= 0.3 is 0 Å². The summed E-state index contributed by atoms with van der Waals surface area (Å²) in [4.78, 5) is 8.10. The van der Waals surface area contributed by atoms with E-state index in [1.807, 2.05) is 19.1 Å². The molecule has 8 heteroatoms. The predicted octanol–water partition coefficient (Wildman–Crippen LogP) is 1.60. The molecule has 0 unspecified atom stereocenters. The van der Waals surface area contributed by atoms with E-state index in [9.17, 15) is 0 Å². The molecule has 8 nitrogen and oxygen atoms in total. The Hall–Kier alpha value is -2.79. The van der Waals surface area contributed by atoms with Crippen molar-refractivity contribution >= 4 is 17.3 Å². The highest BCUT2D eigenvalue weighted by atomic mass is 15.2. The molecule has 2 aromatic rings. The van der Waals surface area contributed by atoms with E-state index in [1.54, 1.807) is 0 Å². The highest BCUT2D eigenvalue weighted by Gasteiger charge is 2.13. The van der Waals surface area contributed by atoms with E-state index in [0.717, 1.165) is 31.0 Å². The van der Waals surface area contributed by atoms with Crippen LogP contribution in [-0.4, -0.2) is 39.8 Å². The van der Waals surface area contributed by atoms with Crippen molar-refractivity contribution < 1.29 is 0 Å². The molecule has 0 aliphatic carbocycles. The van der Waals surface area contributed by atoms with Gasteiger partial charge in [-0.2, -0.15) is 10.4 Å². The third-order valence-corrected chi connectivity index (χ3v) is 4.04. The van der Waals surface area contributed by atoms with E-state index in [0.29, 0.717) is 17.6 Å². The van der Waals surface area contributed by atoms with Gasteiger partial charge in [-0.1, -0.05) is 0 Å². The lowest BCUT2D eigenvalue weighted by Gasteiger charge is -2.23.